The summed E-state index contributed by atoms with van der Waals surface area (Å²) < 4.78 is 43.5. The Morgan fingerprint density at radius 3 is 2.82 bits per heavy atom. The Kier molecular flexibility index (Phi) is 3.40. The number of fused-ring (bicyclic) bond motifs is 1. The maximum Gasteiger partial charge on any atom is 0.416 e. The van der Waals surface area contributed by atoms with E-state index in [0.717, 1.165) is 12.1 Å². The summed E-state index contributed by atoms with van der Waals surface area (Å²) in [6, 6.07) is 4.21. The van der Waals surface area contributed by atoms with Crippen LogP contribution in [0.2, 0.25) is 0 Å². The van der Waals surface area contributed by atoms with E-state index in [1.54, 1.807) is 6.07 Å². The fraction of sp³-hybridized carbons (Fsp3) is 0.286. The van der Waals surface area contributed by atoms with Gasteiger partial charge in [0.15, 0.2) is 5.69 Å². The number of aromatic amines is 1. The summed E-state index contributed by atoms with van der Waals surface area (Å²) in [5.74, 6) is -0.420. The lowest BCUT2D eigenvalue weighted by Gasteiger charge is -2.15. The fourth-order valence-corrected chi connectivity index (χ4v) is 2.54. The minimum atomic E-state index is -4.44. The van der Waals surface area contributed by atoms with Gasteiger partial charge in [-0.15, -0.1) is 0 Å². The molecule has 1 aliphatic rings. The Balaban J connectivity index is 2.05. The van der Waals surface area contributed by atoms with Crippen LogP contribution in [0.1, 0.15) is 38.9 Å². The Morgan fingerprint density at radius 2 is 2.14 bits per heavy atom. The molecule has 22 heavy (non-hydrogen) atoms. The third-order valence-electron chi connectivity index (χ3n) is 3.50. The van der Waals surface area contributed by atoms with Gasteiger partial charge in [-0.2, -0.15) is 18.3 Å². The Bertz CT molecular complexity index is 724. The molecular weight excluding hydrogens is 299 g/mol. The fourth-order valence-electron chi connectivity index (χ4n) is 2.54. The van der Waals surface area contributed by atoms with Crippen molar-refractivity contribution in [3.63, 3.8) is 0 Å². The molecule has 1 atom stereocenters. The highest BCUT2D eigenvalue weighted by molar-refractivity contribution is 5.98. The number of aromatic nitrogens is 2. The Morgan fingerprint density at radius 1 is 1.36 bits per heavy atom. The van der Waals surface area contributed by atoms with Crippen molar-refractivity contribution in [2.75, 3.05) is 7.11 Å². The number of halogens is 3. The van der Waals surface area contributed by atoms with Crippen molar-refractivity contribution in [3.05, 3.63) is 52.3 Å². The van der Waals surface area contributed by atoms with Gasteiger partial charge in [0.25, 0.3) is 5.91 Å². The van der Waals surface area contributed by atoms with Crippen LogP contribution in [0.3, 0.4) is 0 Å². The largest absolute Gasteiger partial charge is 0.416 e. The Hall–Kier alpha value is -2.35. The number of ether oxygens (including phenoxy) is 1. The molecule has 0 bridgehead atoms. The number of methoxy groups -OCH3 is 1. The molecule has 2 heterocycles. The van der Waals surface area contributed by atoms with E-state index in [1.165, 1.54) is 13.2 Å². The summed E-state index contributed by atoms with van der Waals surface area (Å²) in [5, 5.41) is 9.25. The van der Waals surface area contributed by atoms with Gasteiger partial charge >= 0.3 is 6.18 Å². The second-order valence-electron chi connectivity index (χ2n) is 4.93. The molecule has 1 aromatic carbocycles. The van der Waals surface area contributed by atoms with E-state index in [4.69, 9.17) is 4.74 Å². The lowest BCUT2D eigenvalue weighted by atomic mass is 9.98. The first-order valence-corrected chi connectivity index (χ1v) is 6.46. The molecule has 8 heteroatoms. The molecule has 1 amide bonds. The van der Waals surface area contributed by atoms with Crippen molar-refractivity contribution in [1.29, 1.82) is 0 Å². The van der Waals surface area contributed by atoms with Gasteiger partial charge in [-0.1, -0.05) is 12.1 Å². The van der Waals surface area contributed by atoms with E-state index in [0.29, 0.717) is 16.8 Å². The predicted octanol–water partition coefficient (Wildman–Crippen LogP) is 2.41. The van der Waals surface area contributed by atoms with Crippen molar-refractivity contribution < 1.29 is 22.7 Å². The number of carbonyl (C=O) groups is 1. The molecule has 116 valence electrons. The molecular formula is C14H12F3N3O2. The molecule has 1 unspecified atom stereocenters. The minimum absolute atomic E-state index is 0.187. The highest BCUT2D eigenvalue weighted by Crippen LogP contribution is 2.36. The molecule has 0 saturated heterocycles. The highest BCUT2D eigenvalue weighted by Gasteiger charge is 2.37. The number of alkyl halides is 3. The van der Waals surface area contributed by atoms with Crippen LogP contribution < -0.4 is 5.32 Å². The van der Waals surface area contributed by atoms with E-state index in [-0.39, 0.29) is 12.3 Å². The summed E-state index contributed by atoms with van der Waals surface area (Å²) in [6.45, 7) is 0.187. The molecule has 2 aromatic rings. The van der Waals surface area contributed by atoms with E-state index in [2.05, 4.69) is 15.5 Å². The predicted molar refractivity (Wildman–Crippen MR) is 70.1 cm³/mol. The van der Waals surface area contributed by atoms with Gasteiger partial charge in [-0.25, -0.2) is 0 Å². The molecule has 1 aromatic heterocycles. The SMILES string of the molecule is COCc1[nH]nc2c1C(c1cccc(C(F)(F)F)c1)NC2=O. The highest BCUT2D eigenvalue weighted by atomic mass is 19.4. The first kappa shape index (κ1) is 14.6. The topological polar surface area (TPSA) is 67.0 Å². The number of hydrogen-bond donors (Lipinski definition) is 2. The van der Waals surface area contributed by atoms with E-state index in [9.17, 15) is 18.0 Å². The van der Waals surface area contributed by atoms with Gasteiger partial charge in [0.05, 0.1) is 23.9 Å². The summed E-state index contributed by atoms with van der Waals surface area (Å²) in [6.07, 6.45) is -4.44. The van der Waals surface area contributed by atoms with Crippen molar-refractivity contribution >= 4 is 5.91 Å². The lowest BCUT2D eigenvalue weighted by Crippen LogP contribution is -2.22. The summed E-state index contributed by atoms with van der Waals surface area (Å²) in [7, 11) is 1.48. The molecule has 1 aliphatic heterocycles. The molecule has 2 N–H and O–H groups in total. The third kappa shape index (κ3) is 2.35. The zero-order valence-corrected chi connectivity index (χ0v) is 11.5. The molecule has 0 saturated carbocycles. The van der Waals surface area contributed by atoms with Crippen LogP contribution >= 0.6 is 0 Å². The smallest absolute Gasteiger partial charge is 0.378 e. The standard InChI is InChI=1S/C14H12F3N3O2/c1-22-6-9-10-11(18-13(21)12(10)20-19-9)7-3-2-4-8(5-7)14(15,16)17/h2-5,11H,6H2,1H3,(H,18,21)(H,19,20). The number of carbonyl (C=O) groups excluding carboxylic acids is 1. The Labute approximate surface area is 123 Å². The van der Waals surface area contributed by atoms with Gasteiger partial charge in [-0.3, -0.25) is 9.89 Å². The quantitative estimate of drug-likeness (QED) is 0.915. The molecule has 0 radical (unpaired) electrons. The summed E-state index contributed by atoms with van der Waals surface area (Å²) in [4.78, 5) is 11.9. The van der Waals surface area contributed by atoms with Crippen LogP contribution in [0.5, 0.6) is 0 Å². The van der Waals surface area contributed by atoms with Gasteiger partial charge in [0.1, 0.15) is 0 Å². The zero-order chi connectivity index (χ0) is 15.9. The monoisotopic (exact) mass is 311 g/mol. The molecule has 0 aliphatic carbocycles. The second kappa shape index (κ2) is 5.13. The number of H-pyrrole nitrogens is 1. The van der Waals surface area contributed by atoms with Gasteiger partial charge in [0.2, 0.25) is 0 Å². The average molecular weight is 311 g/mol. The lowest BCUT2D eigenvalue weighted by molar-refractivity contribution is -0.137. The van der Waals surface area contributed by atoms with Crippen LogP contribution in [0, 0.1) is 0 Å². The van der Waals surface area contributed by atoms with Crippen LogP contribution in [0.15, 0.2) is 24.3 Å². The van der Waals surface area contributed by atoms with Gasteiger partial charge in [0, 0.05) is 12.7 Å². The number of nitrogens with one attached hydrogen (secondary N) is 2. The van der Waals surface area contributed by atoms with Crippen molar-refractivity contribution in [2.45, 2.75) is 18.8 Å². The molecule has 5 nitrogen and oxygen atoms in total. The van der Waals surface area contributed by atoms with E-state index >= 15 is 0 Å². The zero-order valence-electron chi connectivity index (χ0n) is 11.5. The summed E-state index contributed by atoms with van der Waals surface area (Å²) >= 11 is 0. The van der Waals surface area contributed by atoms with Crippen molar-refractivity contribution in [2.24, 2.45) is 0 Å². The number of benzene rings is 1. The first-order chi connectivity index (χ1) is 10.4. The number of nitrogens with zero attached hydrogens (tertiary/aromatic N) is 1. The number of amides is 1. The number of hydrogen-bond acceptors (Lipinski definition) is 3. The third-order valence-corrected chi connectivity index (χ3v) is 3.50. The minimum Gasteiger partial charge on any atom is -0.378 e. The molecule has 0 spiro atoms. The van der Waals surface area contributed by atoms with Gasteiger partial charge in [-0.05, 0) is 17.7 Å². The molecule has 0 fully saturated rings. The van der Waals surface area contributed by atoms with E-state index < -0.39 is 23.7 Å². The van der Waals surface area contributed by atoms with Crippen molar-refractivity contribution in [3.8, 4) is 0 Å². The van der Waals surface area contributed by atoms with Crippen molar-refractivity contribution in [1.82, 2.24) is 15.5 Å². The van der Waals surface area contributed by atoms with Crippen LogP contribution in [-0.2, 0) is 17.5 Å². The molecule has 3 rings (SSSR count). The van der Waals surface area contributed by atoms with E-state index in [1.807, 2.05) is 0 Å². The maximum atomic E-state index is 12.8. The van der Waals surface area contributed by atoms with Crippen LogP contribution in [0.25, 0.3) is 0 Å². The summed E-state index contributed by atoms with van der Waals surface area (Å²) in [5.41, 5.74) is 0.879. The average Bonchev–Trinajstić information content (AvgIpc) is 3.01. The maximum absolute atomic E-state index is 12.8. The van der Waals surface area contributed by atoms with Crippen LogP contribution in [-0.4, -0.2) is 23.2 Å². The second-order valence-corrected chi connectivity index (χ2v) is 4.93. The first-order valence-electron chi connectivity index (χ1n) is 6.46. The van der Waals surface area contributed by atoms with Crippen LogP contribution in [0.4, 0.5) is 13.2 Å². The normalized spacial score (nSPS) is 17.5. The number of rotatable bonds is 3. The van der Waals surface area contributed by atoms with Gasteiger partial charge < -0.3 is 10.1 Å².